The molecule has 0 aliphatic heterocycles. The quantitative estimate of drug-likeness (QED) is 0.798. The number of rotatable bonds is 8. The molecule has 4 heteroatoms. The predicted molar refractivity (Wildman–Crippen MR) is 85.4 cm³/mol. The molecule has 0 aromatic heterocycles. The minimum atomic E-state index is 0.336. The molecule has 1 aliphatic rings. The zero-order valence-corrected chi connectivity index (χ0v) is 13.2. The van der Waals surface area contributed by atoms with Gasteiger partial charge < -0.3 is 15.0 Å². The van der Waals surface area contributed by atoms with Crippen molar-refractivity contribution in [3.05, 3.63) is 29.3 Å². The molecule has 0 amide bonds. The average Bonchev–Trinajstić information content (AvgIpc) is 3.30. The van der Waals surface area contributed by atoms with Crippen LogP contribution in [0.5, 0.6) is 0 Å². The highest BCUT2D eigenvalue weighted by Crippen LogP contribution is 2.24. The number of ether oxygens (including phenoxy) is 1. The molecule has 0 atom stereocenters. The van der Waals surface area contributed by atoms with Gasteiger partial charge in [-0.2, -0.15) is 5.26 Å². The third kappa shape index (κ3) is 4.45. The Morgan fingerprint density at radius 3 is 2.76 bits per heavy atom. The lowest BCUT2D eigenvalue weighted by Gasteiger charge is -2.29. The number of nitrogens with zero attached hydrogens (tertiary/aromatic N) is 2. The largest absolute Gasteiger partial charge is 0.383 e. The Morgan fingerprint density at radius 1 is 1.43 bits per heavy atom. The molecule has 4 nitrogen and oxygen atoms in total. The van der Waals surface area contributed by atoms with Gasteiger partial charge in [-0.15, -0.1) is 0 Å². The van der Waals surface area contributed by atoms with E-state index in [0.717, 1.165) is 24.3 Å². The average molecular weight is 287 g/mol. The summed E-state index contributed by atoms with van der Waals surface area (Å²) in [5.74, 6) is 0. The van der Waals surface area contributed by atoms with E-state index in [1.165, 1.54) is 18.4 Å². The number of anilines is 1. The first kappa shape index (κ1) is 15.8. The van der Waals surface area contributed by atoms with Gasteiger partial charge in [0.2, 0.25) is 0 Å². The summed E-state index contributed by atoms with van der Waals surface area (Å²) in [6.45, 7) is 6.58. The highest BCUT2D eigenvalue weighted by atomic mass is 16.5. The monoisotopic (exact) mass is 287 g/mol. The van der Waals surface area contributed by atoms with E-state index in [1.807, 2.05) is 6.07 Å². The van der Waals surface area contributed by atoms with Crippen molar-refractivity contribution >= 4 is 5.69 Å². The van der Waals surface area contributed by atoms with Crippen molar-refractivity contribution in [3.63, 3.8) is 0 Å². The Bertz CT molecular complexity index is 503. The Morgan fingerprint density at radius 2 is 2.19 bits per heavy atom. The maximum absolute atomic E-state index is 9.46. The molecule has 2 rings (SSSR count). The summed E-state index contributed by atoms with van der Waals surface area (Å²) >= 11 is 0. The van der Waals surface area contributed by atoms with Crippen LogP contribution in [-0.4, -0.2) is 32.3 Å². The van der Waals surface area contributed by atoms with Crippen molar-refractivity contribution in [2.24, 2.45) is 0 Å². The van der Waals surface area contributed by atoms with E-state index in [-0.39, 0.29) is 0 Å². The fraction of sp³-hybridized carbons (Fsp3) is 0.588. The van der Waals surface area contributed by atoms with Crippen LogP contribution in [0.3, 0.4) is 0 Å². The van der Waals surface area contributed by atoms with Gasteiger partial charge in [0.05, 0.1) is 17.9 Å². The molecule has 0 unspecified atom stereocenters. The molecule has 0 heterocycles. The molecule has 1 saturated carbocycles. The first-order valence-electron chi connectivity index (χ1n) is 7.67. The molecular formula is C17H25N3O. The van der Waals surface area contributed by atoms with Gasteiger partial charge >= 0.3 is 0 Å². The number of hydrogen-bond donors (Lipinski definition) is 1. The third-order valence-electron chi connectivity index (χ3n) is 3.82. The third-order valence-corrected chi connectivity index (χ3v) is 3.82. The lowest BCUT2D eigenvalue weighted by atomic mass is 10.1. The van der Waals surface area contributed by atoms with Crippen LogP contribution in [0.15, 0.2) is 18.2 Å². The minimum Gasteiger partial charge on any atom is -0.383 e. The molecular weight excluding hydrogens is 262 g/mol. The Hall–Kier alpha value is -1.57. The van der Waals surface area contributed by atoms with E-state index in [0.29, 0.717) is 18.7 Å². The van der Waals surface area contributed by atoms with Crippen molar-refractivity contribution in [2.45, 2.75) is 45.3 Å². The molecule has 0 saturated heterocycles. The van der Waals surface area contributed by atoms with E-state index >= 15 is 0 Å². The van der Waals surface area contributed by atoms with Gasteiger partial charge in [-0.25, -0.2) is 0 Å². The zero-order chi connectivity index (χ0) is 15.2. The lowest BCUT2D eigenvalue weighted by molar-refractivity contribution is 0.204. The van der Waals surface area contributed by atoms with Crippen molar-refractivity contribution in [1.29, 1.82) is 5.26 Å². The second kappa shape index (κ2) is 7.44. The highest BCUT2D eigenvalue weighted by molar-refractivity contribution is 5.61. The SMILES string of the molecule is COCCN(c1ccc(CNC2CC2)cc1C#N)C(C)C. The summed E-state index contributed by atoms with van der Waals surface area (Å²) in [7, 11) is 1.70. The Labute approximate surface area is 127 Å². The van der Waals surface area contributed by atoms with Gasteiger partial charge in [-0.05, 0) is 44.4 Å². The first-order valence-corrected chi connectivity index (χ1v) is 7.67. The van der Waals surface area contributed by atoms with E-state index in [1.54, 1.807) is 7.11 Å². The summed E-state index contributed by atoms with van der Waals surface area (Å²) < 4.78 is 5.18. The highest BCUT2D eigenvalue weighted by Gasteiger charge is 2.20. The van der Waals surface area contributed by atoms with Gasteiger partial charge in [-0.3, -0.25) is 0 Å². The normalized spacial score (nSPS) is 14.2. The lowest BCUT2D eigenvalue weighted by Crippen LogP contribution is -2.34. The topological polar surface area (TPSA) is 48.3 Å². The maximum atomic E-state index is 9.46. The minimum absolute atomic E-state index is 0.336. The Balaban J connectivity index is 2.14. The van der Waals surface area contributed by atoms with E-state index in [4.69, 9.17) is 4.74 Å². The molecule has 114 valence electrons. The van der Waals surface area contributed by atoms with E-state index in [9.17, 15) is 5.26 Å². The van der Waals surface area contributed by atoms with Crippen molar-refractivity contribution < 1.29 is 4.74 Å². The first-order chi connectivity index (χ1) is 10.2. The van der Waals surface area contributed by atoms with Crippen LogP contribution in [0.1, 0.15) is 37.8 Å². The van der Waals surface area contributed by atoms with Crippen molar-refractivity contribution in [1.82, 2.24) is 5.32 Å². The summed E-state index contributed by atoms with van der Waals surface area (Å²) in [5, 5.41) is 12.9. The molecule has 1 aromatic carbocycles. The summed E-state index contributed by atoms with van der Waals surface area (Å²) in [5.41, 5.74) is 2.92. The van der Waals surface area contributed by atoms with Gasteiger partial charge in [0.1, 0.15) is 6.07 Å². The van der Waals surface area contributed by atoms with Crippen LogP contribution in [0.4, 0.5) is 5.69 Å². The van der Waals surface area contributed by atoms with Crippen LogP contribution >= 0.6 is 0 Å². The number of nitriles is 1. The molecule has 0 spiro atoms. The fourth-order valence-corrected chi connectivity index (χ4v) is 2.43. The van der Waals surface area contributed by atoms with Crippen LogP contribution in [0.2, 0.25) is 0 Å². The number of benzene rings is 1. The van der Waals surface area contributed by atoms with Crippen molar-refractivity contribution in [3.8, 4) is 6.07 Å². The van der Waals surface area contributed by atoms with Gasteiger partial charge in [0.15, 0.2) is 0 Å². The molecule has 0 radical (unpaired) electrons. The number of nitrogens with one attached hydrogen (secondary N) is 1. The van der Waals surface area contributed by atoms with Crippen molar-refractivity contribution in [2.75, 3.05) is 25.2 Å². The molecule has 0 bridgehead atoms. The second-order valence-corrected chi connectivity index (χ2v) is 5.90. The van der Waals surface area contributed by atoms with Gasteiger partial charge in [-0.1, -0.05) is 6.07 Å². The Kier molecular flexibility index (Phi) is 5.60. The van der Waals surface area contributed by atoms with E-state index < -0.39 is 0 Å². The smallest absolute Gasteiger partial charge is 0.101 e. The molecule has 21 heavy (non-hydrogen) atoms. The van der Waals surface area contributed by atoms with Gasteiger partial charge in [0.25, 0.3) is 0 Å². The molecule has 1 aliphatic carbocycles. The molecule has 1 N–H and O–H groups in total. The van der Waals surface area contributed by atoms with Crippen LogP contribution in [-0.2, 0) is 11.3 Å². The molecule has 1 fully saturated rings. The zero-order valence-electron chi connectivity index (χ0n) is 13.2. The van der Waals surface area contributed by atoms with Crippen LogP contribution in [0, 0.1) is 11.3 Å². The van der Waals surface area contributed by atoms with Crippen LogP contribution in [0.25, 0.3) is 0 Å². The summed E-state index contributed by atoms with van der Waals surface area (Å²) in [4.78, 5) is 2.22. The summed E-state index contributed by atoms with van der Waals surface area (Å²) in [6, 6.07) is 9.55. The summed E-state index contributed by atoms with van der Waals surface area (Å²) in [6.07, 6.45) is 2.56. The second-order valence-electron chi connectivity index (χ2n) is 5.90. The number of hydrogen-bond acceptors (Lipinski definition) is 4. The molecule has 1 aromatic rings. The van der Waals surface area contributed by atoms with Crippen LogP contribution < -0.4 is 10.2 Å². The standard InChI is InChI=1S/C17H25N3O/c1-13(2)20(8-9-21-3)17-7-4-14(10-15(17)11-18)12-19-16-5-6-16/h4,7,10,13,16,19H,5-6,8-9,12H2,1-3H3. The predicted octanol–water partition coefficient (Wildman–Crippen LogP) is 2.67. The maximum Gasteiger partial charge on any atom is 0.101 e. The van der Waals surface area contributed by atoms with Gasteiger partial charge in [0, 0.05) is 32.3 Å². The fourth-order valence-electron chi connectivity index (χ4n) is 2.43. The van der Waals surface area contributed by atoms with E-state index in [2.05, 4.69) is 42.3 Å². The number of methoxy groups -OCH3 is 1.